The Morgan fingerprint density at radius 1 is 0.524 bits per heavy atom. The molecule has 1 saturated carbocycles. The molecule has 1 aliphatic carbocycles. The van der Waals surface area contributed by atoms with Crippen molar-refractivity contribution in [3.8, 4) is 5.69 Å². The van der Waals surface area contributed by atoms with Gasteiger partial charge in [0.25, 0.3) is 20.0 Å². The summed E-state index contributed by atoms with van der Waals surface area (Å²) in [5.41, 5.74) is 0.897. The minimum absolute atomic E-state index is 0.241. The second-order valence-electron chi connectivity index (χ2n) is 10.0. The highest BCUT2D eigenvalue weighted by molar-refractivity contribution is 7.93. The number of anilines is 2. The summed E-state index contributed by atoms with van der Waals surface area (Å²) in [7, 11) is -7.10. The van der Waals surface area contributed by atoms with Crippen LogP contribution < -0.4 is 9.44 Å². The minimum Gasteiger partial charge on any atom is -0.331 e. The maximum absolute atomic E-state index is 12.4. The van der Waals surface area contributed by atoms with Crippen LogP contribution in [0.1, 0.15) is 38.1 Å². The molecule has 0 saturated heterocycles. The molecule has 0 spiro atoms. The smallest absolute Gasteiger partial charge is 0.263 e. The van der Waals surface area contributed by atoms with E-state index in [4.69, 9.17) is 0 Å². The first-order valence-electron chi connectivity index (χ1n) is 13.9. The number of hydrogen-bond donors (Lipinski definition) is 2. The molecule has 0 bridgehead atoms. The van der Waals surface area contributed by atoms with Gasteiger partial charge in [-0.2, -0.15) is 0 Å². The molecule has 8 nitrogen and oxygen atoms in total. The summed E-state index contributed by atoms with van der Waals surface area (Å²) in [5, 5.41) is 0. The first kappa shape index (κ1) is 29.2. The SMILES string of the molecule is O=S(=O)(Nc1cccn1-c1ccccc1)c1ccccc1.O=S(=O)(Nc1cccn1C1CCCCC1)c1ccccc1. The largest absolute Gasteiger partial charge is 0.331 e. The summed E-state index contributed by atoms with van der Waals surface area (Å²) in [5.74, 6) is 1.16. The molecule has 6 rings (SSSR count). The number of nitrogens with zero attached hydrogens (tertiary/aromatic N) is 2. The fourth-order valence-electron chi connectivity index (χ4n) is 5.03. The van der Waals surface area contributed by atoms with Crippen molar-refractivity contribution in [3.05, 3.63) is 128 Å². The van der Waals surface area contributed by atoms with Crippen molar-refractivity contribution in [1.29, 1.82) is 0 Å². The molecule has 3 aromatic carbocycles. The van der Waals surface area contributed by atoms with Crippen LogP contribution in [0.15, 0.2) is 137 Å². The Kier molecular flexibility index (Phi) is 9.14. The van der Waals surface area contributed by atoms with Gasteiger partial charge < -0.3 is 9.13 Å². The van der Waals surface area contributed by atoms with Gasteiger partial charge in [0.2, 0.25) is 0 Å². The summed E-state index contributed by atoms with van der Waals surface area (Å²) in [4.78, 5) is 0.534. The predicted octanol–water partition coefficient (Wildman–Crippen LogP) is 7.07. The van der Waals surface area contributed by atoms with Gasteiger partial charge in [0.05, 0.1) is 9.79 Å². The first-order valence-corrected chi connectivity index (χ1v) is 16.9. The third kappa shape index (κ3) is 7.13. The lowest BCUT2D eigenvalue weighted by Gasteiger charge is -2.25. The summed E-state index contributed by atoms with van der Waals surface area (Å²) >= 11 is 0. The maximum atomic E-state index is 12.4. The molecule has 42 heavy (non-hydrogen) atoms. The van der Waals surface area contributed by atoms with E-state index in [-0.39, 0.29) is 4.90 Å². The van der Waals surface area contributed by atoms with Crippen LogP contribution in [0.25, 0.3) is 5.69 Å². The zero-order valence-corrected chi connectivity index (χ0v) is 24.7. The van der Waals surface area contributed by atoms with Gasteiger partial charge in [0, 0.05) is 24.1 Å². The van der Waals surface area contributed by atoms with E-state index in [0.29, 0.717) is 22.6 Å². The summed E-state index contributed by atoms with van der Waals surface area (Å²) in [6.07, 6.45) is 9.74. The molecule has 2 aromatic heterocycles. The number of nitrogens with one attached hydrogen (secondary N) is 2. The van der Waals surface area contributed by atoms with Gasteiger partial charge in [0.1, 0.15) is 11.6 Å². The summed E-state index contributed by atoms with van der Waals surface area (Å²) in [6.45, 7) is 0. The molecule has 218 valence electrons. The molecule has 0 amide bonds. The van der Waals surface area contributed by atoms with E-state index in [1.165, 1.54) is 19.3 Å². The van der Waals surface area contributed by atoms with Crippen LogP contribution in [0.5, 0.6) is 0 Å². The van der Waals surface area contributed by atoms with Gasteiger partial charge in [-0.05, 0) is 73.5 Å². The average Bonchev–Trinajstić information content (AvgIpc) is 3.68. The molecule has 2 N–H and O–H groups in total. The Labute approximate surface area is 247 Å². The van der Waals surface area contributed by atoms with Crippen molar-refractivity contribution < 1.29 is 16.8 Å². The molecule has 10 heteroatoms. The van der Waals surface area contributed by atoms with Crippen LogP contribution in [0.2, 0.25) is 0 Å². The normalized spacial score (nSPS) is 14.0. The van der Waals surface area contributed by atoms with Crippen LogP contribution in [0.4, 0.5) is 11.6 Å². The highest BCUT2D eigenvalue weighted by Crippen LogP contribution is 2.31. The van der Waals surface area contributed by atoms with E-state index >= 15 is 0 Å². The fraction of sp³-hybridized carbons (Fsp3) is 0.188. The Morgan fingerprint density at radius 3 is 1.57 bits per heavy atom. The molecule has 2 heterocycles. The molecule has 1 aliphatic rings. The van der Waals surface area contributed by atoms with E-state index in [1.54, 1.807) is 71.3 Å². The third-order valence-electron chi connectivity index (χ3n) is 7.12. The van der Waals surface area contributed by atoms with Crippen LogP contribution in [0.3, 0.4) is 0 Å². The Balaban J connectivity index is 0.000000168. The van der Waals surface area contributed by atoms with E-state index in [2.05, 4.69) is 14.0 Å². The van der Waals surface area contributed by atoms with E-state index < -0.39 is 20.0 Å². The zero-order chi connectivity index (χ0) is 29.4. The Hall–Kier alpha value is -4.28. The number of para-hydroxylation sites is 1. The van der Waals surface area contributed by atoms with Gasteiger partial charge >= 0.3 is 0 Å². The Morgan fingerprint density at radius 2 is 1.00 bits per heavy atom. The predicted molar refractivity (Wildman–Crippen MR) is 167 cm³/mol. The quantitative estimate of drug-likeness (QED) is 0.198. The molecule has 0 aliphatic heterocycles. The van der Waals surface area contributed by atoms with E-state index in [0.717, 1.165) is 18.5 Å². The Bertz CT molecular complexity index is 1780. The maximum Gasteiger partial charge on any atom is 0.263 e. The molecular formula is C32H34N4O4S2. The monoisotopic (exact) mass is 602 g/mol. The van der Waals surface area contributed by atoms with Gasteiger partial charge in [-0.1, -0.05) is 73.9 Å². The standard InChI is InChI=1S/C16H20N2O2S.C16H14N2O2S/c2*19-21(20,15-10-5-2-6-11-15)17-16-12-7-13-18(16)14-8-3-1-4-9-14/h2,5-7,10-14,17H,1,3-4,8-9H2;1-13,17H. The van der Waals surface area contributed by atoms with Crippen LogP contribution in [0, 0.1) is 0 Å². The van der Waals surface area contributed by atoms with Gasteiger partial charge in [0.15, 0.2) is 0 Å². The van der Waals surface area contributed by atoms with Crippen molar-refractivity contribution in [2.24, 2.45) is 0 Å². The van der Waals surface area contributed by atoms with Crippen LogP contribution >= 0.6 is 0 Å². The number of benzene rings is 3. The van der Waals surface area contributed by atoms with E-state index in [1.807, 2.05) is 60.9 Å². The lowest BCUT2D eigenvalue weighted by atomic mass is 9.95. The van der Waals surface area contributed by atoms with Crippen molar-refractivity contribution >= 4 is 31.7 Å². The molecule has 0 atom stereocenters. The van der Waals surface area contributed by atoms with Crippen molar-refractivity contribution in [2.75, 3.05) is 9.44 Å². The fourth-order valence-corrected chi connectivity index (χ4v) is 7.18. The number of rotatable bonds is 8. The number of aromatic nitrogens is 2. The van der Waals surface area contributed by atoms with Gasteiger partial charge in [-0.3, -0.25) is 9.44 Å². The average molecular weight is 603 g/mol. The van der Waals surface area contributed by atoms with Crippen molar-refractivity contribution in [2.45, 2.75) is 47.9 Å². The van der Waals surface area contributed by atoms with Gasteiger partial charge in [-0.25, -0.2) is 16.8 Å². The molecule has 0 radical (unpaired) electrons. The number of sulfonamides is 2. The van der Waals surface area contributed by atoms with Gasteiger partial charge in [-0.15, -0.1) is 0 Å². The zero-order valence-electron chi connectivity index (χ0n) is 23.1. The first-order chi connectivity index (χ1) is 20.3. The molecule has 1 fully saturated rings. The van der Waals surface area contributed by atoms with E-state index in [9.17, 15) is 16.8 Å². The topological polar surface area (TPSA) is 102 Å². The second-order valence-corrected chi connectivity index (χ2v) is 13.4. The van der Waals surface area contributed by atoms with Crippen molar-refractivity contribution in [3.63, 3.8) is 0 Å². The summed E-state index contributed by atoms with van der Waals surface area (Å²) in [6, 6.07) is 34.0. The molecule has 0 unspecified atom stereocenters. The van der Waals surface area contributed by atoms with Crippen molar-refractivity contribution in [1.82, 2.24) is 9.13 Å². The van der Waals surface area contributed by atoms with Crippen LogP contribution in [-0.2, 0) is 20.0 Å². The minimum atomic E-state index is -3.58. The second kappa shape index (κ2) is 13.1. The number of hydrogen-bond acceptors (Lipinski definition) is 4. The highest BCUT2D eigenvalue weighted by Gasteiger charge is 2.20. The lowest BCUT2D eigenvalue weighted by Crippen LogP contribution is -2.19. The third-order valence-corrected chi connectivity index (χ3v) is 9.86. The summed E-state index contributed by atoms with van der Waals surface area (Å²) < 4.78 is 58.7. The highest BCUT2D eigenvalue weighted by atomic mass is 32.2. The molecular weight excluding hydrogens is 569 g/mol. The van der Waals surface area contributed by atoms with Crippen LogP contribution in [-0.4, -0.2) is 26.0 Å². The molecule has 5 aromatic rings. The lowest BCUT2D eigenvalue weighted by molar-refractivity contribution is 0.357.